The normalized spacial score (nSPS) is 10.4. The number of hydrogen-bond acceptors (Lipinski definition) is 3. The van der Waals surface area contributed by atoms with Crippen molar-refractivity contribution < 1.29 is 9.53 Å². The lowest BCUT2D eigenvalue weighted by Gasteiger charge is -2.12. The standard InChI is InChI=1S/C17H19ClN2O2/c1-10-4-5-11(2)16(6-10)22-9-17(21)20-15-8-13(18)12(3)7-14(15)19/h4-8H,9,19H2,1-3H3,(H,20,21). The Bertz CT molecular complexity index is 714. The van der Waals surface area contributed by atoms with Crippen molar-refractivity contribution in [2.45, 2.75) is 20.8 Å². The second kappa shape index (κ2) is 6.71. The number of ether oxygens (including phenoxy) is 1. The molecule has 0 atom stereocenters. The molecular weight excluding hydrogens is 300 g/mol. The van der Waals surface area contributed by atoms with Gasteiger partial charge in [0.05, 0.1) is 11.4 Å². The van der Waals surface area contributed by atoms with Crippen LogP contribution < -0.4 is 15.8 Å². The van der Waals surface area contributed by atoms with Crippen LogP contribution in [0.25, 0.3) is 0 Å². The van der Waals surface area contributed by atoms with Gasteiger partial charge in [0.15, 0.2) is 6.61 Å². The lowest BCUT2D eigenvalue weighted by Crippen LogP contribution is -2.21. The van der Waals surface area contributed by atoms with Crippen LogP contribution in [0.1, 0.15) is 16.7 Å². The first kappa shape index (κ1) is 16.2. The van der Waals surface area contributed by atoms with Gasteiger partial charge in [0.2, 0.25) is 0 Å². The molecule has 0 saturated heterocycles. The van der Waals surface area contributed by atoms with Crippen LogP contribution in [0, 0.1) is 20.8 Å². The Hall–Kier alpha value is -2.20. The average molecular weight is 319 g/mol. The lowest BCUT2D eigenvalue weighted by molar-refractivity contribution is -0.118. The van der Waals surface area contributed by atoms with Gasteiger partial charge < -0.3 is 15.8 Å². The number of nitrogens with one attached hydrogen (secondary N) is 1. The summed E-state index contributed by atoms with van der Waals surface area (Å²) in [6, 6.07) is 9.23. The first-order valence-electron chi connectivity index (χ1n) is 6.92. The highest BCUT2D eigenvalue weighted by Gasteiger charge is 2.09. The van der Waals surface area contributed by atoms with Gasteiger partial charge in [-0.25, -0.2) is 0 Å². The van der Waals surface area contributed by atoms with Crippen LogP contribution >= 0.6 is 11.6 Å². The Labute approximate surface area is 135 Å². The van der Waals surface area contributed by atoms with Crippen LogP contribution in [0.3, 0.4) is 0 Å². The first-order valence-corrected chi connectivity index (χ1v) is 7.30. The number of carbonyl (C=O) groups is 1. The van der Waals surface area contributed by atoms with E-state index < -0.39 is 0 Å². The van der Waals surface area contributed by atoms with E-state index in [2.05, 4.69) is 5.32 Å². The number of aryl methyl sites for hydroxylation is 3. The lowest BCUT2D eigenvalue weighted by atomic mass is 10.1. The predicted octanol–water partition coefficient (Wildman–Crippen LogP) is 3.86. The summed E-state index contributed by atoms with van der Waals surface area (Å²) in [5, 5.41) is 3.26. The van der Waals surface area contributed by atoms with Gasteiger partial charge in [0.25, 0.3) is 5.91 Å². The van der Waals surface area contributed by atoms with Crippen molar-refractivity contribution in [1.29, 1.82) is 0 Å². The zero-order chi connectivity index (χ0) is 16.3. The third-order valence-corrected chi connectivity index (χ3v) is 3.71. The fourth-order valence-electron chi connectivity index (χ4n) is 2.00. The smallest absolute Gasteiger partial charge is 0.262 e. The second-order valence-corrected chi connectivity index (χ2v) is 5.70. The van der Waals surface area contributed by atoms with Crippen LogP contribution in [-0.2, 0) is 4.79 Å². The van der Waals surface area contributed by atoms with E-state index in [1.165, 1.54) is 0 Å². The molecule has 0 aliphatic heterocycles. The molecule has 1 amide bonds. The average Bonchev–Trinajstić information content (AvgIpc) is 2.45. The van der Waals surface area contributed by atoms with Crippen LogP contribution in [0.2, 0.25) is 5.02 Å². The number of carbonyl (C=O) groups excluding carboxylic acids is 1. The van der Waals surface area contributed by atoms with Crippen LogP contribution in [0.5, 0.6) is 5.75 Å². The molecule has 5 heteroatoms. The molecule has 22 heavy (non-hydrogen) atoms. The van der Waals surface area contributed by atoms with Gasteiger partial charge in [0.1, 0.15) is 5.75 Å². The second-order valence-electron chi connectivity index (χ2n) is 5.29. The highest BCUT2D eigenvalue weighted by atomic mass is 35.5. The Morgan fingerprint density at radius 1 is 1.18 bits per heavy atom. The minimum Gasteiger partial charge on any atom is -0.483 e. The number of anilines is 2. The van der Waals surface area contributed by atoms with Crippen molar-refractivity contribution in [3.8, 4) is 5.75 Å². The number of nitrogen functional groups attached to an aromatic ring is 1. The number of halogens is 1. The van der Waals surface area contributed by atoms with E-state index in [0.29, 0.717) is 22.1 Å². The van der Waals surface area contributed by atoms with Crippen molar-refractivity contribution in [2.75, 3.05) is 17.7 Å². The molecule has 0 bridgehead atoms. The maximum atomic E-state index is 12.0. The molecule has 0 radical (unpaired) electrons. The minimum atomic E-state index is -0.285. The number of amides is 1. The molecule has 3 N–H and O–H groups in total. The Kier molecular flexibility index (Phi) is 4.93. The van der Waals surface area contributed by atoms with E-state index in [9.17, 15) is 4.79 Å². The van der Waals surface area contributed by atoms with E-state index in [-0.39, 0.29) is 12.5 Å². The molecule has 0 aliphatic carbocycles. The van der Waals surface area contributed by atoms with E-state index in [1.54, 1.807) is 12.1 Å². The van der Waals surface area contributed by atoms with Crippen LogP contribution in [0.15, 0.2) is 30.3 Å². The molecule has 116 valence electrons. The topological polar surface area (TPSA) is 64.3 Å². The summed E-state index contributed by atoms with van der Waals surface area (Å²) < 4.78 is 5.56. The third-order valence-electron chi connectivity index (χ3n) is 3.31. The molecule has 0 spiro atoms. The van der Waals surface area contributed by atoms with Gasteiger partial charge >= 0.3 is 0 Å². The molecular formula is C17H19ClN2O2. The highest BCUT2D eigenvalue weighted by Crippen LogP contribution is 2.26. The molecule has 4 nitrogen and oxygen atoms in total. The monoisotopic (exact) mass is 318 g/mol. The third kappa shape index (κ3) is 3.92. The fourth-order valence-corrected chi connectivity index (χ4v) is 2.17. The number of benzene rings is 2. The summed E-state index contributed by atoms with van der Waals surface area (Å²) in [5.41, 5.74) is 9.77. The van der Waals surface area contributed by atoms with E-state index in [1.807, 2.05) is 39.0 Å². The zero-order valence-electron chi connectivity index (χ0n) is 12.9. The SMILES string of the molecule is Cc1ccc(C)c(OCC(=O)Nc2cc(Cl)c(C)cc2N)c1. The molecule has 2 aromatic rings. The summed E-state index contributed by atoms with van der Waals surface area (Å²) in [7, 11) is 0. The number of rotatable bonds is 4. The number of nitrogens with two attached hydrogens (primary N) is 1. The van der Waals surface area contributed by atoms with Crippen molar-refractivity contribution in [1.82, 2.24) is 0 Å². The summed E-state index contributed by atoms with van der Waals surface area (Å²) in [6.07, 6.45) is 0. The van der Waals surface area contributed by atoms with Gasteiger partial charge in [0, 0.05) is 5.02 Å². The number of hydrogen-bond donors (Lipinski definition) is 2. The zero-order valence-corrected chi connectivity index (χ0v) is 13.6. The first-order chi connectivity index (χ1) is 10.4. The van der Waals surface area contributed by atoms with Gasteiger partial charge in [-0.15, -0.1) is 0 Å². The largest absolute Gasteiger partial charge is 0.483 e. The minimum absolute atomic E-state index is 0.0881. The van der Waals surface area contributed by atoms with E-state index in [0.717, 1.165) is 16.7 Å². The van der Waals surface area contributed by atoms with Gasteiger partial charge in [-0.2, -0.15) is 0 Å². The Morgan fingerprint density at radius 3 is 2.64 bits per heavy atom. The fraction of sp³-hybridized carbons (Fsp3) is 0.235. The van der Waals surface area contributed by atoms with Gasteiger partial charge in [-0.3, -0.25) is 4.79 Å². The van der Waals surface area contributed by atoms with Crippen molar-refractivity contribution in [2.24, 2.45) is 0 Å². The summed E-state index contributed by atoms with van der Waals surface area (Å²) in [6.45, 7) is 5.68. The van der Waals surface area contributed by atoms with Crippen molar-refractivity contribution >= 4 is 28.9 Å². The van der Waals surface area contributed by atoms with Crippen molar-refractivity contribution in [3.63, 3.8) is 0 Å². The molecule has 0 fully saturated rings. The molecule has 0 aliphatic rings. The quantitative estimate of drug-likeness (QED) is 0.841. The summed E-state index contributed by atoms with van der Waals surface area (Å²) in [5.74, 6) is 0.414. The summed E-state index contributed by atoms with van der Waals surface area (Å²) in [4.78, 5) is 12.0. The molecule has 0 aromatic heterocycles. The van der Waals surface area contributed by atoms with E-state index in [4.69, 9.17) is 22.1 Å². The van der Waals surface area contributed by atoms with Crippen LogP contribution in [-0.4, -0.2) is 12.5 Å². The maximum Gasteiger partial charge on any atom is 0.262 e. The van der Waals surface area contributed by atoms with Crippen molar-refractivity contribution in [3.05, 3.63) is 52.0 Å². The summed E-state index contributed by atoms with van der Waals surface area (Å²) >= 11 is 6.04. The van der Waals surface area contributed by atoms with Gasteiger partial charge in [-0.1, -0.05) is 23.7 Å². The van der Waals surface area contributed by atoms with Crippen LogP contribution in [0.4, 0.5) is 11.4 Å². The van der Waals surface area contributed by atoms with E-state index >= 15 is 0 Å². The molecule has 0 unspecified atom stereocenters. The molecule has 0 heterocycles. The Balaban J connectivity index is 2.02. The maximum absolute atomic E-state index is 12.0. The molecule has 2 rings (SSSR count). The molecule has 0 saturated carbocycles. The Morgan fingerprint density at radius 2 is 1.91 bits per heavy atom. The highest BCUT2D eigenvalue weighted by molar-refractivity contribution is 6.31. The van der Waals surface area contributed by atoms with Gasteiger partial charge in [-0.05, 0) is 55.7 Å². The molecule has 2 aromatic carbocycles. The predicted molar refractivity (Wildman–Crippen MR) is 90.6 cm³/mol.